The minimum absolute atomic E-state index is 0.219. The molecule has 3 rings (SSSR count). The maximum atomic E-state index is 13.6. The number of hydrogen-bond donors (Lipinski definition) is 0. The second kappa shape index (κ2) is 7.23. The van der Waals surface area contributed by atoms with Crippen LogP contribution in [0.4, 0.5) is 10.1 Å². The van der Waals surface area contributed by atoms with Crippen LogP contribution in [-0.4, -0.2) is 45.0 Å². The van der Waals surface area contributed by atoms with E-state index >= 15 is 0 Å². The van der Waals surface area contributed by atoms with Crippen molar-refractivity contribution >= 4 is 16.6 Å². The van der Waals surface area contributed by atoms with Crippen molar-refractivity contribution in [2.75, 3.05) is 44.9 Å². The molecular formula is C18H23FN2O2. The monoisotopic (exact) mass is 318 g/mol. The van der Waals surface area contributed by atoms with E-state index < -0.39 is 0 Å². The molecule has 1 aromatic heterocycles. The number of aromatic nitrogens is 1. The molecule has 0 spiro atoms. The lowest BCUT2D eigenvalue weighted by Crippen LogP contribution is -2.22. The summed E-state index contributed by atoms with van der Waals surface area (Å²) >= 11 is 0. The van der Waals surface area contributed by atoms with Crippen LogP contribution in [0.15, 0.2) is 24.3 Å². The third-order valence-corrected chi connectivity index (χ3v) is 4.29. The van der Waals surface area contributed by atoms with Gasteiger partial charge in [-0.3, -0.25) is 4.98 Å². The molecule has 4 nitrogen and oxygen atoms in total. The van der Waals surface area contributed by atoms with Crippen molar-refractivity contribution in [3.05, 3.63) is 35.8 Å². The Kier molecular flexibility index (Phi) is 5.08. The van der Waals surface area contributed by atoms with E-state index in [1.165, 1.54) is 6.07 Å². The Bertz CT molecular complexity index is 677. The summed E-state index contributed by atoms with van der Waals surface area (Å²) in [7, 11) is 1.68. The largest absolute Gasteiger partial charge is 0.382 e. The number of fused-ring (bicyclic) bond motifs is 1. The van der Waals surface area contributed by atoms with Crippen molar-refractivity contribution in [1.29, 1.82) is 0 Å². The number of ether oxygens (including phenoxy) is 2. The zero-order valence-electron chi connectivity index (χ0n) is 13.7. The summed E-state index contributed by atoms with van der Waals surface area (Å²) in [6.07, 6.45) is 1.09. The molecule has 0 amide bonds. The smallest absolute Gasteiger partial charge is 0.124 e. The van der Waals surface area contributed by atoms with E-state index in [4.69, 9.17) is 9.47 Å². The van der Waals surface area contributed by atoms with Crippen molar-refractivity contribution in [2.24, 2.45) is 5.92 Å². The topological polar surface area (TPSA) is 34.6 Å². The summed E-state index contributed by atoms with van der Waals surface area (Å²) in [5.41, 5.74) is 2.88. The van der Waals surface area contributed by atoms with Gasteiger partial charge in [-0.15, -0.1) is 0 Å². The van der Waals surface area contributed by atoms with Crippen molar-refractivity contribution in [3.63, 3.8) is 0 Å². The first kappa shape index (κ1) is 16.1. The second-order valence-electron chi connectivity index (χ2n) is 6.11. The zero-order chi connectivity index (χ0) is 16.2. The molecule has 1 aromatic carbocycles. The van der Waals surface area contributed by atoms with Gasteiger partial charge in [0.15, 0.2) is 0 Å². The summed E-state index contributed by atoms with van der Waals surface area (Å²) in [5, 5.41) is 0.886. The van der Waals surface area contributed by atoms with Crippen LogP contribution < -0.4 is 4.90 Å². The standard InChI is InChI=1S/C18H23FN2O2/c1-13-9-18(16-10-15(19)3-4-17(16)20-13)21-6-5-14(11-21)12-23-8-7-22-2/h3-4,9-10,14H,5-8,11-12H2,1-2H3. The first-order valence-corrected chi connectivity index (χ1v) is 8.06. The number of rotatable bonds is 6. The maximum Gasteiger partial charge on any atom is 0.124 e. The molecule has 0 radical (unpaired) electrons. The summed E-state index contributed by atoms with van der Waals surface area (Å²) in [6.45, 7) is 5.89. The molecule has 1 atom stereocenters. The third-order valence-electron chi connectivity index (χ3n) is 4.29. The normalized spacial score (nSPS) is 18.0. The van der Waals surface area contributed by atoms with E-state index in [2.05, 4.69) is 16.0 Å². The molecule has 0 aliphatic carbocycles. The van der Waals surface area contributed by atoms with Crippen LogP contribution in [0.25, 0.3) is 10.9 Å². The van der Waals surface area contributed by atoms with E-state index in [-0.39, 0.29) is 5.82 Å². The fraction of sp³-hybridized carbons (Fsp3) is 0.500. The fourth-order valence-corrected chi connectivity index (χ4v) is 3.15. The average molecular weight is 318 g/mol. The van der Waals surface area contributed by atoms with Gasteiger partial charge in [0.1, 0.15) is 5.82 Å². The molecule has 1 aliphatic rings. The second-order valence-corrected chi connectivity index (χ2v) is 6.11. The summed E-state index contributed by atoms with van der Waals surface area (Å²) in [5.74, 6) is 0.284. The number of aryl methyl sites for hydroxylation is 1. The SMILES string of the molecule is COCCOCC1CCN(c2cc(C)nc3ccc(F)cc23)C1. The van der Waals surface area contributed by atoms with Gasteiger partial charge < -0.3 is 14.4 Å². The Labute approximate surface area is 136 Å². The van der Waals surface area contributed by atoms with Crippen LogP contribution in [0.1, 0.15) is 12.1 Å². The van der Waals surface area contributed by atoms with Gasteiger partial charge in [0.05, 0.1) is 25.3 Å². The fourth-order valence-electron chi connectivity index (χ4n) is 3.15. The van der Waals surface area contributed by atoms with Gasteiger partial charge in [-0.25, -0.2) is 4.39 Å². The predicted molar refractivity (Wildman–Crippen MR) is 89.5 cm³/mol. The molecule has 1 unspecified atom stereocenters. The van der Waals surface area contributed by atoms with Crippen LogP contribution in [0.3, 0.4) is 0 Å². The molecule has 5 heteroatoms. The molecule has 2 heterocycles. The van der Waals surface area contributed by atoms with E-state index in [0.29, 0.717) is 19.1 Å². The summed E-state index contributed by atoms with van der Waals surface area (Å²) < 4.78 is 24.3. The molecule has 23 heavy (non-hydrogen) atoms. The molecule has 1 fully saturated rings. The van der Waals surface area contributed by atoms with Crippen molar-refractivity contribution in [3.8, 4) is 0 Å². The van der Waals surface area contributed by atoms with Crippen molar-refractivity contribution in [1.82, 2.24) is 4.98 Å². The molecule has 1 aliphatic heterocycles. The van der Waals surface area contributed by atoms with Crippen LogP contribution in [0.2, 0.25) is 0 Å². The average Bonchev–Trinajstić information content (AvgIpc) is 3.00. The Morgan fingerprint density at radius 3 is 3.00 bits per heavy atom. The van der Waals surface area contributed by atoms with Crippen LogP contribution in [0.5, 0.6) is 0 Å². The van der Waals surface area contributed by atoms with Gasteiger partial charge in [-0.2, -0.15) is 0 Å². The van der Waals surface area contributed by atoms with Crippen LogP contribution >= 0.6 is 0 Å². The van der Waals surface area contributed by atoms with Gasteiger partial charge in [0, 0.05) is 42.9 Å². The third kappa shape index (κ3) is 3.79. The lowest BCUT2D eigenvalue weighted by Gasteiger charge is -2.21. The highest BCUT2D eigenvalue weighted by molar-refractivity contribution is 5.92. The lowest BCUT2D eigenvalue weighted by atomic mass is 10.1. The van der Waals surface area contributed by atoms with Crippen molar-refractivity contribution in [2.45, 2.75) is 13.3 Å². The number of nitrogens with zero attached hydrogens (tertiary/aromatic N) is 2. The predicted octanol–water partition coefficient (Wildman–Crippen LogP) is 3.17. The summed E-state index contributed by atoms with van der Waals surface area (Å²) in [4.78, 5) is 6.83. The van der Waals surface area contributed by atoms with Crippen LogP contribution in [-0.2, 0) is 9.47 Å². The summed E-state index contributed by atoms with van der Waals surface area (Å²) in [6, 6.07) is 6.85. The van der Waals surface area contributed by atoms with Gasteiger partial charge in [-0.05, 0) is 37.6 Å². The van der Waals surface area contributed by atoms with Gasteiger partial charge in [0.2, 0.25) is 0 Å². The Balaban J connectivity index is 1.75. The Hall–Kier alpha value is -1.72. The number of halogens is 1. The van der Waals surface area contributed by atoms with Gasteiger partial charge in [-0.1, -0.05) is 0 Å². The molecular weight excluding hydrogens is 295 g/mol. The highest BCUT2D eigenvalue weighted by Gasteiger charge is 2.24. The number of methoxy groups -OCH3 is 1. The zero-order valence-corrected chi connectivity index (χ0v) is 13.7. The minimum atomic E-state index is -0.219. The molecule has 0 bridgehead atoms. The molecule has 1 saturated heterocycles. The van der Waals surface area contributed by atoms with E-state index in [0.717, 1.165) is 48.4 Å². The first-order chi connectivity index (χ1) is 11.2. The molecule has 124 valence electrons. The lowest BCUT2D eigenvalue weighted by molar-refractivity contribution is 0.0549. The quantitative estimate of drug-likeness (QED) is 0.766. The Morgan fingerprint density at radius 1 is 1.30 bits per heavy atom. The maximum absolute atomic E-state index is 13.6. The Morgan fingerprint density at radius 2 is 2.17 bits per heavy atom. The van der Waals surface area contributed by atoms with E-state index in [1.54, 1.807) is 19.2 Å². The minimum Gasteiger partial charge on any atom is -0.382 e. The highest BCUT2D eigenvalue weighted by atomic mass is 19.1. The first-order valence-electron chi connectivity index (χ1n) is 8.06. The number of anilines is 1. The molecule has 0 saturated carbocycles. The van der Waals surface area contributed by atoms with Gasteiger partial charge >= 0.3 is 0 Å². The molecule has 2 aromatic rings. The van der Waals surface area contributed by atoms with Crippen LogP contribution in [0, 0.1) is 18.7 Å². The number of pyridine rings is 1. The van der Waals surface area contributed by atoms with E-state index in [1.807, 2.05) is 6.92 Å². The number of benzene rings is 1. The number of hydrogen-bond acceptors (Lipinski definition) is 4. The molecule has 0 N–H and O–H groups in total. The van der Waals surface area contributed by atoms with E-state index in [9.17, 15) is 4.39 Å². The van der Waals surface area contributed by atoms with Gasteiger partial charge in [0.25, 0.3) is 0 Å². The van der Waals surface area contributed by atoms with Crippen molar-refractivity contribution < 1.29 is 13.9 Å². The highest BCUT2D eigenvalue weighted by Crippen LogP contribution is 2.31.